The number of nitrogens with one attached hydrogen (secondary N) is 1. The highest BCUT2D eigenvalue weighted by atomic mass is 19.1. The summed E-state index contributed by atoms with van der Waals surface area (Å²) in [4.78, 5) is 11.2. The molecule has 0 heterocycles. The summed E-state index contributed by atoms with van der Waals surface area (Å²) in [5, 5.41) is 11.1. The van der Waals surface area contributed by atoms with Crippen LogP contribution in [0.5, 0.6) is 0 Å². The molecule has 76 valence electrons. The number of nitrogens with zero attached hydrogens (tertiary/aromatic N) is 1. The second-order valence-corrected chi connectivity index (χ2v) is 2.76. The molecule has 0 aliphatic carbocycles. The Hall–Kier alpha value is -2.15. The van der Waals surface area contributed by atoms with E-state index < -0.39 is 5.82 Å². The molecule has 1 N–H and O–H groups in total. The Kier molecular flexibility index (Phi) is 3.58. The van der Waals surface area contributed by atoms with Gasteiger partial charge in [-0.05, 0) is 25.1 Å². The lowest BCUT2D eigenvalue weighted by Gasteiger charge is -2.04. The summed E-state index contributed by atoms with van der Waals surface area (Å²) in [7, 11) is 0. The van der Waals surface area contributed by atoms with Gasteiger partial charge >= 0.3 is 0 Å². The average Bonchev–Trinajstić information content (AvgIpc) is 2.18. The van der Waals surface area contributed by atoms with Crippen molar-refractivity contribution in [2.45, 2.75) is 6.92 Å². The van der Waals surface area contributed by atoms with Crippen LogP contribution in [0.4, 0.5) is 10.1 Å². The van der Waals surface area contributed by atoms with Crippen LogP contribution in [0.25, 0.3) is 0 Å². The maximum absolute atomic E-state index is 13.1. The fourth-order valence-corrected chi connectivity index (χ4v) is 1.07. The van der Waals surface area contributed by atoms with Crippen molar-refractivity contribution >= 4 is 11.6 Å². The van der Waals surface area contributed by atoms with Crippen LogP contribution in [0.3, 0.4) is 0 Å². The normalized spacial score (nSPS) is 9.93. The van der Waals surface area contributed by atoms with Gasteiger partial charge in [0.2, 0.25) is 5.91 Å². The van der Waals surface area contributed by atoms with Crippen molar-refractivity contribution < 1.29 is 9.18 Å². The largest absolute Gasteiger partial charge is 0.321 e. The lowest BCUT2D eigenvalue weighted by atomic mass is 10.2. The molecule has 0 fully saturated rings. The molecule has 0 saturated carbocycles. The first-order chi connectivity index (χ1) is 7.19. The zero-order valence-electron chi connectivity index (χ0n) is 8.12. The molecule has 1 aromatic carbocycles. The molecular formula is C11H9FN2O. The van der Waals surface area contributed by atoms with E-state index >= 15 is 0 Å². The molecule has 0 aromatic heterocycles. The summed E-state index contributed by atoms with van der Waals surface area (Å²) in [6.07, 6.45) is 2.85. The number of amides is 1. The smallest absolute Gasteiger partial charge is 0.248 e. The van der Waals surface area contributed by atoms with Crippen LogP contribution in [0.2, 0.25) is 0 Å². The number of rotatable bonds is 2. The highest BCUT2D eigenvalue weighted by Gasteiger charge is 2.08. The highest BCUT2D eigenvalue weighted by molar-refractivity contribution is 6.00. The van der Waals surface area contributed by atoms with E-state index in [1.807, 2.05) is 0 Å². The zero-order valence-corrected chi connectivity index (χ0v) is 8.12. The molecule has 4 heteroatoms. The molecule has 0 aliphatic rings. The maximum atomic E-state index is 13.1. The molecular weight excluding hydrogens is 195 g/mol. The van der Waals surface area contributed by atoms with Crippen LogP contribution in [0, 0.1) is 17.1 Å². The summed E-state index contributed by atoms with van der Waals surface area (Å²) in [6, 6.07) is 5.78. The van der Waals surface area contributed by atoms with Crippen LogP contribution >= 0.6 is 0 Å². The fraction of sp³-hybridized carbons (Fsp3) is 0.0909. The summed E-state index contributed by atoms with van der Waals surface area (Å²) in [5.41, 5.74) is 0.0240. The lowest BCUT2D eigenvalue weighted by Crippen LogP contribution is -2.09. The predicted octanol–water partition coefficient (Wildman–Crippen LogP) is 2.21. The van der Waals surface area contributed by atoms with Crippen LogP contribution in [0.15, 0.2) is 30.4 Å². The van der Waals surface area contributed by atoms with Crippen LogP contribution in [0.1, 0.15) is 12.5 Å². The Bertz CT molecular complexity index is 446. The SMILES string of the molecule is CC=CC(=O)Nc1cccc(F)c1C#N. The third-order valence-electron chi connectivity index (χ3n) is 1.70. The van der Waals surface area contributed by atoms with Gasteiger partial charge in [0.25, 0.3) is 0 Å². The number of carbonyl (C=O) groups is 1. The highest BCUT2D eigenvalue weighted by Crippen LogP contribution is 2.17. The van der Waals surface area contributed by atoms with E-state index in [0.29, 0.717) is 0 Å². The van der Waals surface area contributed by atoms with Gasteiger partial charge in [-0.2, -0.15) is 5.26 Å². The minimum absolute atomic E-state index is 0.157. The Labute approximate surface area is 86.8 Å². The molecule has 1 aromatic rings. The molecule has 0 saturated heterocycles. The molecule has 1 amide bonds. The first kappa shape index (κ1) is 10.9. The Balaban J connectivity index is 3.01. The van der Waals surface area contributed by atoms with Gasteiger partial charge in [0, 0.05) is 0 Å². The number of benzene rings is 1. The second kappa shape index (κ2) is 4.91. The van der Waals surface area contributed by atoms with Gasteiger partial charge in [-0.15, -0.1) is 0 Å². The van der Waals surface area contributed by atoms with E-state index in [1.54, 1.807) is 19.1 Å². The molecule has 3 nitrogen and oxygen atoms in total. The van der Waals surface area contributed by atoms with E-state index in [9.17, 15) is 9.18 Å². The number of carbonyl (C=O) groups excluding carboxylic acids is 1. The molecule has 0 bridgehead atoms. The van der Waals surface area contributed by atoms with Crippen LogP contribution in [-0.4, -0.2) is 5.91 Å². The van der Waals surface area contributed by atoms with E-state index in [2.05, 4.69) is 5.32 Å². The number of anilines is 1. The lowest BCUT2D eigenvalue weighted by molar-refractivity contribution is -0.111. The van der Waals surface area contributed by atoms with E-state index in [0.717, 1.165) is 0 Å². The molecule has 0 radical (unpaired) electrons. The standard InChI is InChI=1S/C11H9FN2O/c1-2-4-11(15)14-10-6-3-5-9(12)8(10)7-13/h2-6H,1H3,(H,14,15). The molecule has 0 spiro atoms. The predicted molar refractivity (Wildman–Crippen MR) is 54.6 cm³/mol. The van der Waals surface area contributed by atoms with Crippen molar-refractivity contribution in [1.82, 2.24) is 0 Å². The van der Waals surface area contributed by atoms with E-state index in [1.165, 1.54) is 24.3 Å². The maximum Gasteiger partial charge on any atom is 0.248 e. The average molecular weight is 204 g/mol. The van der Waals surface area contributed by atoms with Gasteiger partial charge in [0.05, 0.1) is 5.69 Å². The van der Waals surface area contributed by atoms with Crippen molar-refractivity contribution in [2.24, 2.45) is 0 Å². The minimum Gasteiger partial charge on any atom is -0.321 e. The van der Waals surface area contributed by atoms with Crippen molar-refractivity contribution in [3.05, 3.63) is 41.7 Å². The summed E-state index contributed by atoms with van der Waals surface area (Å²) in [5.74, 6) is -1.03. The van der Waals surface area contributed by atoms with Gasteiger partial charge < -0.3 is 5.32 Å². The van der Waals surface area contributed by atoms with Gasteiger partial charge in [0.15, 0.2) is 0 Å². The van der Waals surface area contributed by atoms with E-state index in [4.69, 9.17) is 5.26 Å². The van der Waals surface area contributed by atoms with Gasteiger partial charge in [-0.3, -0.25) is 4.79 Å². The van der Waals surface area contributed by atoms with Crippen molar-refractivity contribution in [3.8, 4) is 6.07 Å². The Morgan fingerprint density at radius 2 is 2.33 bits per heavy atom. The molecule has 15 heavy (non-hydrogen) atoms. The Morgan fingerprint density at radius 1 is 1.60 bits per heavy atom. The van der Waals surface area contributed by atoms with Crippen LogP contribution < -0.4 is 5.32 Å². The topological polar surface area (TPSA) is 52.9 Å². The molecule has 0 aliphatic heterocycles. The minimum atomic E-state index is -0.643. The van der Waals surface area contributed by atoms with Crippen LogP contribution in [-0.2, 0) is 4.79 Å². The first-order valence-corrected chi connectivity index (χ1v) is 4.31. The number of hydrogen-bond donors (Lipinski definition) is 1. The molecule has 1 rings (SSSR count). The van der Waals surface area contributed by atoms with Gasteiger partial charge in [-0.25, -0.2) is 4.39 Å². The number of allylic oxidation sites excluding steroid dienone is 1. The zero-order chi connectivity index (χ0) is 11.3. The van der Waals surface area contributed by atoms with Crippen molar-refractivity contribution in [2.75, 3.05) is 5.32 Å². The summed E-state index contributed by atoms with van der Waals surface area (Å²) >= 11 is 0. The van der Waals surface area contributed by atoms with Gasteiger partial charge in [0.1, 0.15) is 17.4 Å². The van der Waals surface area contributed by atoms with Crippen molar-refractivity contribution in [3.63, 3.8) is 0 Å². The third kappa shape index (κ3) is 2.64. The first-order valence-electron chi connectivity index (χ1n) is 4.31. The molecule has 0 unspecified atom stereocenters. The van der Waals surface area contributed by atoms with E-state index in [-0.39, 0.29) is 17.2 Å². The quantitative estimate of drug-likeness (QED) is 0.751. The monoisotopic (exact) mass is 204 g/mol. The molecule has 0 atom stereocenters. The second-order valence-electron chi connectivity index (χ2n) is 2.76. The number of hydrogen-bond acceptors (Lipinski definition) is 2. The number of nitriles is 1. The summed E-state index contributed by atoms with van der Waals surface area (Å²) in [6.45, 7) is 1.69. The Morgan fingerprint density at radius 3 is 2.93 bits per heavy atom. The van der Waals surface area contributed by atoms with Gasteiger partial charge in [-0.1, -0.05) is 12.1 Å². The van der Waals surface area contributed by atoms with Crippen molar-refractivity contribution in [1.29, 1.82) is 5.26 Å². The third-order valence-corrected chi connectivity index (χ3v) is 1.70. The summed E-state index contributed by atoms with van der Waals surface area (Å²) < 4.78 is 13.1. The fourth-order valence-electron chi connectivity index (χ4n) is 1.07. The number of halogens is 1.